The minimum atomic E-state index is -1.48. The molecule has 0 spiro atoms. The van der Waals surface area contributed by atoms with E-state index in [0.29, 0.717) is 5.02 Å². The molecule has 142 valence electrons. The number of carbonyl (C=O) groups excluding carboxylic acids is 4. The van der Waals surface area contributed by atoms with Gasteiger partial charge in [-0.25, -0.2) is 9.69 Å². The quantitative estimate of drug-likeness (QED) is 0.613. The first kappa shape index (κ1) is 19.1. The predicted octanol–water partition coefficient (Wildman–Crippen LogP) is 1.38. The second-order valence-corrected chi connectivity index (χ2v) is 6.12. The van der Waals surface area contributed by atoms with Crippen LogP contribution in [-0.2, 0) is 9.59 Å². The molecule has 3 rings (SSSR count). The van der Waals surface area contributed by atoms with Gasteiger partial charge in [-0.3, -0.25) is 14.9 Å². The summed E-state index contributed by atoms with van der Waals surface area (Å²) in [4.78, 5) is 49.1. The number of nitrogens with one attached hydrogen (secondary N) is 1. The van der Waals surface area contributed by atoms with Crippen molar-refractivity contribution in [1.29, 1.82) is 0 Å². The fourth-order valence-electron chi connectivity index (χ4n) is 2.62. The maximum Gasteiger partial charge on any atom is 0.335 e. The van der Waals surface area contributed by atoms with Crippen LogP contribution >= 0.6 is 11.6 Å². The molecule has 8 nitrogen and oxygen atoms in total. The molecule has 0 aromatic heterocycles. The van der Waals surface area contributed by atoms with Gasteiger partial charge in [-0.1, -0.05) is 17.7 Å². The summed E-state index contributed by atoms with van der Waals surface area (Å²) < 4.78 is 4.94. The molecule has 4 amide bonds. The van der Waals surface area contributed by atoms with E-state index in [1.165, 1.54) is 55.7 Å². The number of ether oxygens (including phenoxy) is 1. The van der Waals surface area contributed by atoms with Gasteiger partial charge in [0.05, 0.1) is 18.8 Å². The molecular formula is C19H12ClN2O6-. The zero-order valence-corrected chi connectivity index (χ0v) is 15.1. The molecular weight excluding hydrogens is 388 g/mol. The summed E-state index contributed by atoms with van der Waals surface area (Å²) in [7, 11) is 1.30. The smallest absolute Gasteiger partial charge is 0.335 e. The number of nitrogens with zero attached hydrogens (tertiary/aromatic N) is 1. The van der Waals surface area contributed by atoms with Crippen LogP contribution in [0.2, 0.25) is 5.02 Å². The van der Waals surface area contributed by atoms with E-state index in [-0.39, 0.29) is 28.1 Å². The van der Waals surface area contributed by atoms with Gasteiger partial charge in [0, 0.05) is 10.6 Å². The highest BCUT2D eigenvalue weighted by atomic mass is 35.5. The zero-order valence-electron chi connectivity index (χ0n) is 14.4. The van der Waals surface area contributed by atoms with Crippen LogP contribution in [0, 0.1) is 0 Å². The number of amides is 4. The average molecular weight is 400 g/mol. The van der Waals surface area contributed by atoms with Crippen LogP contribution in [-0.4, -0.2) is 30.9 Å². The number of urea groups is 1. The second kappa shape index (κ2) is 7.53. The fraction of sp³-hybridized carbons (Fsp3) is 0.0526. The van der Waals surface area contributed by atoms with Crippen LogP contribution in [0.5, 0.6) is 5.75 Å². The van der Waals surface area contributed by atoms with Crippen molar-refractivity contribution in [3.8, 4) is 5.75 Å². The van der Waals surface area contributed by atoms with Crippen LogP contribution in [0.3, 0.4) is 0 Å². The summed E-state index contributed by atoms with van der Waals surface area (Å²) in [6.07, 6.45) is 1.18. The van der Waals surface area contributed by atoms with Crippen molar-refractivity contribution in [3.63, 3.8) is 0 Å². The molecule has 0 bridgehead atoms. The number of imide groups is 2. The number of carboxylic acids is 1. The topological polar surface area (TPSA) is 116 Å². The van der Waals surface area contributed by atoms with E-state index < -0.39 is 23.8 Å². The molecule has 0 saturated carbocycles. The third kappa shape index (κ3) is 3.58. The summed E-state index contributed by atoms with van der Waals surface area (Å²) in [6.45, 7) is 0. The van der Waals surface area contributed by atoms with Gasteiger partial charge >= 0.3 is 6.03 Å². The molecule has 1 aliphatic heterocycles. The number of carbonyl (C=O) groups is 4. The Morgan fingerprint density at radius 2 is 1.82 bits per heavy atom. The molecule has 1 fully saturated rings. The molecule has 1 saturated heterocycles. The normalized spacial score (nSPS) is 15.6. The lowest BCUT2D eigenvalue weighted by Crippen LogP contribution is -2.54. The van der Waals surface area contributed by atoms with Crippen molar-refractivity contribution in [2.75, 3.05) is 12.0 Å². The number of hydrogen-bond donors (Lipinski definition) is 1. The number of methoxy groups -OCH3 is 1. The van der Waals surface area contributed by atoms with E-state index in [1.54, 1.807) is 0 Å². The number of rotatable bonds is 4. The number of anilines is 1. The van der Waals surface area contributed by atoms with Crippen molar-refractivity contribution in [2.24, 2.45) is 0 Å². The third-order valence-corrected chi connectivity index (χ3v) is 4.19. The predicted molar refractivity (Wildman–Crippen MR) is 97.8 cm³/mol. The SMILES string of the molecule is COc1ccc(/C=C2\C(=O)NC(=O)N(c3ccc(Cl)cc3)C2=O)cc1C(=O)[O-]. The monoisotopic (exact) mass is 399 g/mol. The van der Waals surface area contributed by atoms with Crippen LogP contribution in [0.15, 0.2) is 48.0 Å². The Balaban J connectivity index is 2.03. The van der Waals surface area contributed by atoms with E-state index >= 15 is 0 Å². The highest BCUT2D eigenvalue weighted by molar-refractivity contribution is 6.39. The largest absolute Gasteiger partial charge is 0.545 e. The van der Waals surface area contributed by atoms with Gasteiger partial charge in [0.15, 0.2) is 0 Å². The van der Waals surface area contributed by atoms with E-state index in [1.807, 2.05) is 0 Å². The maximum absolute atomic E-state index is 12.8. The first-order valence-corrected chi connectivity index (χ1v) is 8.26. The molecule has 0 aliphatic carbocycles. The van der Waals surface area contributed by atoms with Crippen LogP contribution in [0.1, 0.15) is 15.9 Å². The Labute approximate surface area is 164 Å². The van der Waals surface area contributed by atoms with Gasteiger partial charge in [-0.2, -0.15) is 0 Å². The molecule has 28 heavy (non-hydrogen) atoms. The maximum atomic E-state index is 12.8. The number of carboxylic acid groups (broad SMARTS) is 1. The van der Waals surface area contributed by atoms with E-state index in [2.05, 4.69) is 5.32 Å². The summed E-state index contributed by atoms with van der Waals surface area (Å²) in [5.41, 5.74) is -0.130. The molecule has 2 aromatic carbocycles. The number of hydrogen-bond acceptors (Lipinski definition) is 6. The molecule has 0 unspecified atom stereocenters. The van der Waals surface area contributed by atoms with Gasteiger partial charge in [-0.15, -0.1) is 0 Å². The molecule has 2 aromatic rings. The molecule has 1 heterocycles. The summed E-state index contributed by atoms with van der Waals surface area (Å²) in [5, 5.41) is 13.7. The van der Waals surface area contributed by atoms with Crippen molar-refractivity contribution in [3.05, 3.63) is 64.2 Å². The molecule has 0 radical (unpaired) electrons. The van der Waals surface area contributed by atoms with Crippen molar-refractivity contribution in [2.45, 2.75) is 0 Å². The summed E-state index contributed by atoms with van der Waals surface area (Å²) in [5.74, 6) is -3.16. The van der Waals surface area contributed by atoms with E-state index in [4.69, 9.17) is 16.3 Å². The van der Waals surface area contributed by atoms with Crippen molar-refractivity contribution < 1.29 is 29.0 Å². The molecule has 1 N–H and O–H groups in total. The lowest BCUT2D eigenvalue weighted by Gasteiger charge is -2.26. The van der Waals surface area contributed by atoms with Gasteiger partial charge < -0.3 is 14.6 Å². The van der Waals surface area contributed by atoms with E-state index in [0.717, 1.165) is 4.90 Å². The highest BCUT2D eigenvalue weighted by Gasteiger charge is 2.36. The Bertz CT molecular complexity index is 1030. The first-order chi connectivity index (χ1) is 13.3. The van der Waals surface area contributed by atoms with E-state index in [9.17, 15) is 24.3 Å². The Morgan fingerprint density at radius 3 is 2.43 bits per heavy atom. The minimum Gasteiger partial charge on any atom is -0.545 e. The average Bonchev–Trinajstić information content (AvgIpc) is 2.66. The Morgan fingerprint density at radius 1 is 1.14 bits per heavy atom. The number of halogens is 1. The second-order valence-electron chi connectivity index (χ2n) is 5.68. The minimum absolute atomic E-state index is 0.0690. The summed E-state index contributed by atoms with van der Waals surface area (Å²) in [6, 6.07) is 9.01. The Hall–Kier alpha value is -3.65. The number of benzene rings is 2. The lowest BCUT2D eigenvalue weighted by molar-refractivity contribution is -0.255. The standard InChI is InChI=1S/C19H13ClN2O6/c1-28-15-7-2-10(8-13(15)18(25)26)9-14-16(23)21-19(27)22(17(14)24)12-5-3-11(20)4-6-12/h2-9H,1H3,(H,25,26)(H,21,23,27)/p-1/b14-9+. The third-order valence-electron chi connectivity index (χ3n) is 3.94. The first-order valence-electron chi connectivity index (χ1n) is 7.88. The Kier molecular flexibility index (Phi) is 5.14. The van der Waals surface area contributed by atoms with Gasteiger partial charge in [0.1, 0.15) is 11.3 Å². The van der Waals surface area contributed by atoms with Crippen LogP contribution in [0.4, 0.5) is 10.5 Å². The lowest BCUT2D eigenvalue weighted by atomic mass is 10.0. The summed E-state index contributed by atoms with van der Waals surface area (Å²) >= 11 is 5.81. The van der Waals surface area contributed by atoms with Gasteiger partial charge in [0.25, 0.3) is 11.8 Å². The highest BCUT2D eigenvalue weighted by Crippen LogP contribution is 2.25. The fourth-order valence-corrected chi connectivity index (χ4v) is 2.75. The molecule has 9 heteroatoms. The molecule has 0 atom stereocenters. The van der Waals surface area contributed by atoms with Gasteiger partial charge in [0.2, 0.25) is 0 Å². The van der Waals surface area contributed by atoms with Crippen LogP contribution < -0.4 is 20.1 Å². The number of aromatic carboxylic acids is 1. The number of barbiturate groups is 1. The zero-order chi connectivity index (χ0) is 20.4. The van der Waals surface area contributed by atoms with Gasteiger partial charge in [-0.05, 0) is 48.0 Å². The van der Waals surface area contributed by atoms with Crippen molar-refractivity contribution in [1.82, 2.24) is 5.32 Å². The molecule has 1 aliphatic rings. The van der Waals surface area contributed by atoms with Crippen LogP contribution in [0.25, 0.3) is 6.08 Å². The van der Waals surface area contributed by atoms with Crippen molar-refractivity contribution >= 4 is 47.2 Å².